The van der Waals surface area contributed by atoms with Gasteiger partial charge in [0.15, 0.2) is 6.61 Å². The molecule has 2 aromatic rings. The van der Waals surface area contributed by atoms with Gasteiger partial charge in [0.05, 0.1) is 6.54 Å². The summed E-state index contributed by atoms with van der Waals surface area (Å²) in [5, 5.41) is 2.48. The molecular weight excluding hydrogens is 346 g/mol. The van der Waals surface area contributed by atoms with Crippen molar-refractivity contribution in [2.45, 2.75) is 20.3 Å². The Hall–Kier alpha value is -3.35. The Balaban J connectivity index is 1.66. The van der Waals surface area contributed by atoms with Crippen molar-refractivity contribution < 1.29 is 19.1 Å². The van der Waals surface area contributed by atoms with Crippen LogP contribution in [0.4, 0.5) is 0 Å². The number of amides is 3. The minimum Gasteiger partial charge on any atom is -0.484 e. The van der Waals surface area contributed by atoms with Gasteiger partial charge in [0, 0.05) is 5.56 Å². The fourth-order valence-corrected chi connectivity index (χ4v) is 2.24. The van der Waals surface area contributed by atoms with Gasteiger partial charge in [0.2, 0.25) is 0 Å². The first-order valence-electron chi connectivity index (χ1n) is 8.62. The van der Waals surface area contributed by atoms with E-state index in [2.05, 4.69) is 23.1 Å². The van der Waals surface area contributed by atoms with Gasteiger partial charge in [-0.25, -0.2) is 0 Å². The molecule has 0 aliphatic carbocycles. The van der Waals surface area contributed by atoms with E-state index in [1.54, 1.807) is 30.3 Å². The summed E-state index contributed by atoms with van der Waals surface area (Å²) in [7, 11) is 0. The lowest BCUT2D eigenvalue weighted by molar-refractivity contribution is -0.129. The molecule has 0 atom stereocenters. The van der Waals surface area contributed by atoms with Crippen molar-refractivity contribution in [2.24, 2.45) is 0 Å². The van der Waals surface area contributed by atoms with Crippen LogP contribution in [-0.2, 0) is 16.0 Å². The largest absolute Gasteiger partial charge is 0.484 e. The molecule has 0 aliphatic heterocycles. The van der Waals surface area contributed by atoms with Gasteiger partial charge in [0.25, 0.3) is 17.7 Å². The molecule has 0 aromatic heterocycles. The van der Waals surface area contributed by atoms with Crippen molar-refractivity contribution in [3.8, 4) is 5.75 Å². The molecule has 3 amide bonds. The zero-order valence-corrected chi connectivity index (χ0v) is 15.4. The van der Waals surface area contributed by atoms with Gasteiger partial charge in [-0.1, -0.05) is 36.8 Å². The third-order valence-corrected chi connectivity index (χ3v) is 3.73. The van der Waals surface area contributed by atoms with Crippen molar-refractivity contribution in [2.75, 3.05) is 13.2 Å². The normalized spacial score (nSPS) is 10.0. The Bertz CT molecular complexity index is 803. The van der Waals surface area contributed by atoms with Gasteiger partial charge in [-0.05, 0) is 43.2 Å². The van der Waals surface area contributed by atoms with Gasteiger partial charge in [-0.3, -0.25) is 25.2 Å². The number of aryl methyl sites for hydroxylation is 2. The highest BCUT2D eigenvalue weighted by atomic mass is 16.5. The van der Waals surface area contributed by atoms with Crippen molar-refractivity contribution >= 4 is 17.7 Å². The van der Waals surface area contributed by atoms with E-state index in [-0.39, 0.29) is 19.1 Å². The number of carbonyl (C=O) groups is 3. The molecule has 0 spiro atoms. The number of rotatable bonds is 7. The Labute approximate surface area is 158 Å². The van der Waals surface area contributed by atoms with Gasteiger partial charge < -0.3 is 10.1 Å². The second kappa shape index (κ2) is 9.96. The number of carbonyl (C=O) groups excluding carboxylic acids is 3. The summed E-state index contributed by atoms with van der Waals surface area (Å²) in [5.74, 6) is -0.845. The molecule has 2 aromatic carbocycles. The fraction of sp³-hybridized carbons (Fsp3) is 0.250. The highest BCUT2D eigenvalue weighted by Gasteiger charge is 2.09. The van der Waals surface area contributed by atoms with Crippen molar-refractivity contribution in [1.29, 1.82) is 0 Å². The summed E-state index contributed by atoms with van der Waals surface area (Å²) in [6.07, 6.45) is 0.924. The van der Waals surface area contributed by atoms with E-state index in [9.17, 15) is 14.4 Å². The lowest BCUT2D eigenvalue weighted by Gasteiger charge is -2.10. The SMILES string of the molecule is CCc1ccc(OCC(=O)NNC(=O)CNC(=O)c2cccc(C)c2)cc1. The number of hydrogen-bond acceptors (Lipinski definition) is 4. The molecule has 0 unspecified atom stereocenters. The molecule has 7 heteroatoms. The van der Waals surface area contributed by atoms with E-state index in [0.717, 1.165) is 12.0 Å². The lowest BCUT2D eigenvalue weighted by atomic mass is 10.1. The Kier molecular flexibility index (Phi) is 7.37. The van der Waals surface area contributed by atoms with E-state index in [4.69, 9.17) is 4.74 Å². The predicted octanol–water partition coefficient (Wildman–Crippen LogP) is 1.51. The minimum absolute atomic E-state index is 0.235. The average molecular weight is 369 g/mol. The molecule has 3 N–H and O–H groups in total. The van der Waals surface area contributed by atoms with Crippen LogP contribution in [0.5, 0.6) is 5.75 Å². The molecule has 0 radical (unpaired) electrons. The minimum atomic E-state index is -0.545. The second-order valence-electron chi connectivity index (χ2n) is 5.93. The first-order valence-corrected chi connectivity index (χ1v) is 8.62. The van der Waals surface area contributed by atoms with Crippen LogP contribution in [0.25, 0.3) is 0 Å². The van der Waals surface area contributed by atoms with Gasteiger partial charge >= 0.3 is 0 Å². The third kappa shape index (κ3) is 6.81. The van der Waals surface area contributed by atoms with Crippen LogP contribution in [0.1, 0.15) is 28.4 Å². The molecule has 2 rings (SSSR count). The van der Waals surface area contributed by atoms with Gasteiger partial charge in [-0.15, -0.1) is 0 Å². The Morgan fingerprint density at radius 3 is 2.33 bits per heavy atom. The molecule has 0 saturated carbocycles. The quantitative estimate of drug-likeness (QED) is 0.645. The second-order valence-corrected chi connectivity index (χ2v) is 5.93. The zero-order valence-electron chi connectivity index (χ0n) is 15.4. The maximum absolute atomic E-state index is 11.9. The van der Waals surface area contributed by atoms with Crippen molar-refractivity contribution in [3.05, 3.63) is 65.2 Å². The van der Waals surface area contributed by atoms with Gasteiger partial charge in [0.1, 0.15) is 5.75 Å². The van der Waals surface area contributed by atoms with E-state index < -0.39 is 11.8 Å². The van der Waals surface area contributed by atoms with Crippen LogP contribution in [0.2, 0.25) is 0 Å². The smallest absolute Gasteiger partial charge is 0.276 e. The molecule has 0 bridgehead atoms. The van der Waals surface area contributed by atoms with Crippen LogP contribution in [0.15, 0.2) is 48.5 Å². The van der Waals surface area contributed by atoms with Crippen molar-refractivity contribution in [3.63, 3.8) is 0 Å². The highest BCUT2D eigenvalue weighted by molar-refractivity contribution is 5.96. The summed E-state index contributed by atoms with van der Waals surface area (Å²) < 4.78 is 5.33. The Morgan fingerprint density at radius 2 is 1.67 bits per heavy atom. The molecule has 0 aliphatic rings. The van der Waals surface area contributed by atoms with Crippen LogP contribution in [0.3, 0.4) is 0 Å². The summed E-state index contributed by atoms with van der Waals surface area (Å²) >= 11 is 0. The first kappa shape index (κ1) is 20.0. The maximum Gasteiger partial charge on any atom is 0.276 e. The van der Waals surface area contributed by atoms with E-state index >= 15 is 0 Å². The predicted molar refractivity (Wildman–Crippen MR) is 101 cm³/mol. The summed E-state index contributed by atoms with van der Waals surface area (Å²) in [6, 6.07) is 14.4. The number of hydrogen-bond donors (Lipinski definition) is 3. The number of benzene rings is 2. The number of hydrazine groups is 1. The molecule has 0 heterocycles. The van der Waals surface area contributed by atoms with E-state index in [1.165, 1.54) is 5.56 Å². The summed E-state index contributed by atoms with van der Waals surface area (Å²) in [4.78, 5) is 35.4. The molecule has 27 heavy (non-hydrogen) atoms. The Morgan fingerprint density at radius 1 is 0.963 bits per heavy atom. The summed E-state index contributed by atoms with van der Waals surface area (Å²) in [6.45, 7) is 3.43. The fourth-order valence-electron chi connectivity index (χ4n) is 2.24. The highest BCUT2D eigenvalue weighted by Crippen LogP contribution is 2.12. The van der Waals surface area contributed by atoms with Crippen LogP contribution in [-0.4, -0.2) is 30.9 Å². The monoisotopic (exact) mass is 369 g/mol. The number of nitrogens with one attached hydrogen (secondary N) is 3. The topological polar surface area (TPSA) is 96.5 Å². The van der Waals surface area contributed by atoms with Gasteiger partial charge in [-0.2, -0.15) is 0 Å². The molecule has 0 fully saturated rings. The van der Waals surface area contributed by atoms with Crippen LogP contribution >= 0.6 is 0 Å². The third-order valence-electron chi connectivity index (χ3n) is 3.73. The molecule has 142 valence electrons. The molecule has 0 saturated heterocycles. The zero-order chi connectivity index (χ0) is 19.6. The lowest BCUT2D eigenvalue weighted by Crippen LogP contribution is -2.47. The van der Waals surface area contributed by atoms with E-state index in [1.807, 2.05) is 25.1 Å². The number of ether oxygens (including phenoxy) is 1. The average Bonchev–Trinajstić information content (AvgIpc) is 2.69. The van der Waals surface area contributed by atoms with E-state index in [0.29, 0.717) is 11.3 Å². The van der Waals surface area contributed by atoms with Crippen LogP contribution < -0.4 is 20.9 Å². The van der Waals surface area contributed by atoms with Crippen molar-refractivity contribution in [1.82, 2.24) is 16.2 Å². The first-order chi connectivity index (χ1) is 13.0. The molecule has 7 nitrogen and oxygen atoms in total. The summed E-state index contributed by atoms with van der Waals surface area (Å²) in [5.41, 5.74) is 7.04. The molecular formula is C20H23N3O4. The maximum atomic E-state index is 11.9. The standard InChI is InChI=1S/C20H23N3O4/c1-3-15-7-9-17(10-8-15)27-13-19(25)23-22-18(24)12-21-20(26)16-6-4-5-14(2)11-16/h4-11H,3,12-13H2,1-2H3,(H,21,26)(H,22,24)(H,23,25). The van der Waals surface area contributed by atoms with Crippen LogP contribution in [0, 0.1) is 6.92 Å².